The van der Waals surface area contributed by atoms with Gasteiger partial charge in [0.05, 0.1) is 12.1 Å². The third-order valence-corrected chi connectivity index (χ3v) is 6.07. The Morgan fingerprint density at radius 2 is 1.55 bits per heavy atom. The zero-order chi connectivity index (χ0) is 24.0. The summed E-state index contributed by atoms with van der Waals surface area (Å²) in [6, 6.07) is 15.9. The Morgan fingerprint density at radius 3 is 2.12 bits per heavy atom. The van der Waals surface area contributed by atoms with Crippen LogP contribution in [0.4, 0.5) is 13.2 Å². The van der Waals surface area contributed by atoms with Crippen LogP contribution in [0.5, 0.6) is 0 Å². The van der Waals surface area contributed by atoms with Gasteiger partial charge in [-0.05, 0) is 29.5 Å². The second-order valence-corrected chi connectivity index (χ2v) is 9.21. The van der Waals surface area contributed by atoms with Gasteiger partial charge in [-0.1, -0.05) is 62.4 Å². The number of nitrogens with zero attached hydrogens (tertiary/aromatic N) is 1. The molecule has 8 heteroatoms. The molecule has 0 radical (unpaired) electrons. The number of ketones is 1. The minimum absolute atomic E-state index is 0.0239. The molecule has 2 aromatic rings. The van der Waals surface area contributed by atoms with Crippen LogP contribution in [-0.4, -0.2) is 34.2 Å². The lowest BCUT2D eigenvalue weighted by molar-refractivity contribution is -0.190. The number of halogens is 3. The van der Waals surface area contributed by atoms with Gasteiger partial charge in [0.2, 0.25) is 5.54 Å². The Balaban J connectivity index is 1.88. The summed E-state index contributed by atoms with van der Waals surface area (Å²) in [6.45, 7) is 3.41. The van der Waals surface area contributed by atoms with Crippen molar-refractivity contribution in [2.75, 3.05) is 0 Å². The lowest BCUT2D eigenvalue weighted by atomic mass is 9.72. The largest absolute Gasteiger partial charge is 0.425 e. The molecular formula is C25H23F3N2O3. The number of hydrogen-bond donors (Lipinski definition) is 1. The Kier molecular flexibility index (Phi) is 5.42. The standard InChI is InChI=1S/C25H23F3N2O3/c1-23(2)13-18-20(19(31)14-23)24(25(26,27)28,29-21(32)17-11-7-4-8-12-17)22(33)30(18)15-16-9-5-3-6-10-16/h3-12H,13-15H2,1-2H3,(H,29,32). The summed E-state index contributed by atoms with van der Waals surface area (Å²) in [5, 5.41) is 1.94. The normalized spacial score (nSPS) is 22.4. The van der Waals surface area contributed by atoms with E-state index < -0.39 is 40.3 Å². The van der Waals surface area contributed by atoms with E-state index in [1.807, 2.05) is 5.32 Å². The molecule has 1 aliphatic carbocycles. The van der Waals surface area contributed by atoms with Crippen molar-refractivity contribution in [2.24, 2.45) is 5.41 Å². The van der Waals surface area contributed by atoms with Crippen LogP contribution < -0.4 is 5.32 Å². The first-order chi connectivity index (χ1) is 15.5. The number of benzene rings is 2. The number of rotatable bonds is 4. The maximum atomic E-state index is 14.7. The first-order valence-electron chi connectivity index (χ1n) is 10.5. The average molecular weight is 456 g/mol. The predicted molar refractivity (Wildman–Crippen MR) is 115 cm³/mol. The van der Waals surface area contributed by atoms with E-state index in [-0.39, 0.29) is 30.6 Å². The van der Waals surface area contributed by atoms with Crippen molar-refractivity contribution >= 4 is 17.6 Å². The van der Waals surface area contributed by atoms with Crippen molar-refractivity contribution in [3.05, 3.63) is 83.1 Å². The van der Waals surface area contributed by atoms with Gasteiger partial charge >= 0.3 is 6.18 Å². The molecule has 5 nitrogen and oxygen atoms in total. The number of nitrogens with one attached hydrogen (secondary N) is 1. The van der Waals surface area contributed by atoms with Crippen LogP contribution in [0.2, 0.25) is 0 Å². The van der Waals surface area contributed by atoms with Gasteiger partial charge in [-0.3, -0.25) is 14.4 Å². The van der Waals surface area contributed by atoms with E-state index in [1.165, 1.54) is 24.3 Å². The maximum absolute atomic E-state index is 14.7. The molecular weight excluding hydrogens is 433 g/mol. The number of carbonyl (C=O) groups excluding carboxylic acids is 3. The fourth-order valence-electron chi connectivity index (χ4n) is 4.59. The number of carbonyl (C=O) groups is 3. The molecule has 4 rings (SSSR count). The second kappa shape index (κ2) is 7.86. The van der Waals surface area contributed by atoms with E-state index in [4.69, 9.17) is 0 Å². The number of Topliss-reactive ketones (excluding diaryl/α,β-unsaturated/α-hetero) is 1. The Morgan fingerprint density at radius 1 is 0.970 bits per heavy atom. The van der Waals surface area contributed by atoms with E-state index in [9.17, 15) is 27.6 Å². The SMILES string of the molecule is CC1(C)CC(=O)C2=C(C1)N(Cc1ccccc1)C(=O)C2(NC(=O)c1ccccc1)C(F)(F)F. The molecule has 2 aliphatic rings. The minimum atomic E-state index is -5.22. The average Bonchev–Trinajstić information content (AvgIpc) is 2.97. The van der Waals surface area contributed by atoms with Gasteiger partial charge in [0.15, 0.2) is 5.78 Å². The van der Waals surface area contributed by atoms with E-state index in [2.05, 4.69) is 0 Å². The zero-order valence-corrected chi connectivity index (χ0v) is 18.2. The minimum Gasteiger partial charge on any atom is -0.326 e. The van der Waals surface area contributed by atoms with Gasteiger partial charge in [0.25, 0.3) is 11.8 Å². The molecule has 1 unspecified atom stereocenters. The molecule has 2 aromatic carbocycles. The third-order valence-electron chi connectivity index (χ3n) is 6.07. The van der Waals surface area contributed by atoms with Crippen molar-refractivity contribution in [3.8, 4) is 0 Å². The van der Waals surface area contributed by atoms with Gasteiger partial charge in [-0.2, -0.15) is 13.2 Å². The molecule has 1 atom stereocenters. The van der Waals surface area contributed by atoms with E-state index >= 15 is 0 Å². The van der Waals surface area contributed by atoms with Gasteiger partial charge < -0.3 is 10.2 Å². The van der Waals surface area contributed by atoms with Crippen molar-refractivity contribution in [1.29, 1.82) is 0 Å². The molecule has 1 heterocycles. The molecule has 2 amide bonds. The predicted octanol–water partition coefficient (Wildman–Crippen LogP) is 4.40. The van der Waals surface area contributed by atoms with Crippen molar-refractivity contribution < 1.29 is 27.6 Å². The van der Waals surface area contributed by atoms with Crippen LogP contribution in [0.15, 0.2) is 71.9 Å². The van der Waals surface area contributed by atoms with Gasteiger partial charge in [-0.15, -0.1) is 0 Å². The molecule has 0 spiro atoms. The highest BCUT2D eigenvalue weighted by Gasteiger charge is 2.71. The van der Waals surface area contributed by atoms with Crippen molar-refractivity contribution in [1.82, 2.24) is 10.2 Å². The van der Waals surface area contributed by atoms with Crippen molar-refractivity contribution in [3.63, 3.8) is 0 Å². The fourth-order valence-corrected chi connectivity index (χ4v) is 4.59. The monoisotopic (exact) mass is 456 g/mol. The quantitative estimate of drug-likeness (QED) is 0.742. The summed E-state index contributed by atoms with van der Waals surface area (Å²) < 4.78 is 44.2. The Labute approximate surface area is 189 Å². The summed E-state index contributed by atoms with van der Waals surface area (Å²) in [4.78, 5) is 40.6. The van der Waals surface area contributed by atoms with E-state index in [1.54, 1.807) is 50.2 Å². The smallest absolute Gasteiger partial charge is 0.326 e. The fraction of sp³-hybridized carbons (Fsp3) is 0.320. The summed E-state index contributed by atoms with van der Waals surface area (Å²) in [5.74, 6) is -3.22. The highest BCUT2D eigenvalue weighted by atomic mass is 19.4. The van der Waals surface area contributed by atoms with Crippen LogP contribution in [0.1, 0.15) is 42.6 Å². The summed E-state index contributed by atoms with van der Waals surface area (Å²) in [6.07, 6.45) is -5.28. The summed E-state index contributed by atoms with van der Waals surface area (Å²) >= 11 is 0. The van der Waals surface area contributed by atoms with Crippen LogP contribution in [0.25, 0.3) is 0 Å². The molecule has 0 saturated carbocycles. The first-order valence-corrected chi connectivity index (χ1v) is 10.5. The number of hydrogen-bond acceptors (Lipinski definition) is 3. The maximum Gasteiger partial charge on any atom is 0.425 e. The van der Waals surface area contributed by atoms with Crippen LogP contribution in [0.3, 0.4) is 0 Å². The topological polar surface area (TPSA) is 66.5 Å². The lowest BCUT2D eigenvalue weighted by Gasteiger charge is -2.35. The molecule has 0 fully saturated rings. The highest BCUT2D eigenvalue weighted by molar-refractivity contribution is 6.14. The third kappa shape index (κ3) is 3.83. The lowest BCUT2D eigenvalue weighted by Crippen LogP contribution is -2.66. The van der Waals surface area contributed by atoms with Gasteiger partial charge in [0.1, 0.15) is 0 Å². The van der Waals surface area contributed by atoms with Gasteiger partial charge in [-0.25, -0.2) is 0 Å². The molecule has 1 N–H and O–H groups in total. The first kappa shape index (κ1) is 22.8. The van der Waals surface area contributed by atoms with Crippen LogP contribution in [0, 0.1) is 5.41 Å². The number of allylic oxidation sites excluding steroid dienone is 1. The molecule has 172 valence electrons. The Hall–Kier alpha value is -3.42. The molecule has 0 aromatic heterocycles. The molecule has 1 aliphatic heterocycles. The Bertz CT molecular complexity index is 1140. The zero-order valence-electron chi connectivity index (χ0n) is 18.2. The second-order valence-electron chi connectivity index (χ2n) is 9.21. The van der Waals surface area contributed by atoms with Crippen LogP contribution >= 0.6 is 0 Å². The van der Waals surface area contributed by atoms with Gasteiger partial charge in [0, 0.05) is 17.7 Å². The van der Waals surface area contributed by atoms with Crippen LogP contribution in [-0.2, 0) is 16.1 Å². The molecule has 33 heavy (non-hydrogen) atoms. The molecule has 0 saturated heterocycles. The molecule has 0 bridgehead atoms. The van der Waals surface area contributed by atoms with Crippen molar-refractivity contribution in [2.45, 2.75) is 44.9 Å². The van der Waals surface area contributed by atoms with E-state index in [0.29, 0.717) is 5.56 Å². The highest BCUT2D eigenvalue weighted by Crippen LogP contribution is 2.52. The number of alkyl halides is 3. The van der Waals surface area contributed by atoms with E-state index in [0.717, 1.165) is 4.90 Å². The summed E-state index contributed by atoms with van der Waals surface area (Å²) in [7, 11) is 0. The number of amides is 2. The summed E-state index contributed by atoms with van der Waals surface area (Å²) in [5.41, 5.74) is -4.13.